The van der Waals surface area contributed by atoms with Gasteiger partial charge in [0.2, 0.25) is 0 Å². The van der Waals surface area contributed by atoms with Crippen LogP contribution in [0.5, 0.6) is 5.75 Å². The minimum atomic E-state index is -0.747. The molecule has 0 saturated carbocycles. The SMILES string of the molecule is CCOc1ccc([C@@H](O)c2nc3ccccc3n2CC)cc1. The molecule has 114 valence electrons. The Morgan fingerprint density at radius 1 is 1.09 bits per heavy atom. The first kappa shape index (κ1) is 14.6. The minimum absolute atomic E-state index is 0.632. The summed E-state index contributed by atoms with van der Waals surface area (Å²) in [4.78, 5) is 4.60. The monoisotopic (exact) mass is 296 g/mol. The molecule has 0 aliphatic carbocycles. The zero-order valence-electron chi connectivity index (χ0n) is 12.9. The predicted octanol–water partition coefficient (Wildman–Crippen LogP) is 3.54. The number of nitrogens with zero attached hydrogens (tertiary/aromatic N) is 2. The van der Waals surface area contributed by atoms with E-state index in [4.69, 9.17) is 4.74 Å². The third-order valence-electron chi connectivity index (χ3n) is 3.75. The lowest BCUT2D eigenvalue weighted by molar-refractivity contribution is 0.205. The Morgan fingerprint density at radius 2 is 1.82 bits per heavy atom. The first-order chi connectivity index (χ1) is 10.7. The van der Waals surface area contributed by atoms with Gasteiger partial charge in [-0.25, -0.2) is 4.98 Å². The number of fused-ring (bicyclic) bond motifs is 1. The van der Waals surface area contributed by atoms with Crippen LogP contribution in [0.3, 0.4) is 0 Å². The Kier molecular flexibility index (Phi) is 4.11. The zero-order valence-corrected chi connectivity index (χ0v) is 12.9. The normalized spacial score (nSPS) is 12.5. The highest BCUT2D eigenvalue weighted by molar-refractivity contribution is 5.76. The predicted molar refractivity (Wildman–Crippen MR) is 87.1 cm³/mol. The van der Waals surface area contributed by atoms with Crippen LogP contribution >= 0.6 is 0 Å². The lowest BCUT2D eigenvalue weighted by Crippen LogP contribution is -2.09. The molecule has 0 aliphatic rings. The smallest absolute Gasteiger partial charge is 0.143 e. The van der Waals surface area contributed by atoms with Crippen LogP contribution in [-0.2, 0) is 6.54 Å². The summed E-state index contributed by atoms with van der Waals surface area (Å²) in [6.45, 7) is 5.41. The Morgan fingerprint density at radius 3 is 2.50 bits per heavy atom. The Hall–Kier alpha value is -2.33. The molecule has 0 aliphatic heterocycles. The molecule has 0 fully saturated rings. The number of aliphatic hydroxyl groups excluding tert-OH is 1. The van der Waals surface area contributed by atoms with Crippen LogP contribution in [0.1, 0.15) is 31.3 Å². The third kappa shape index (κ3) is 2.57. The number of ether oxygens (including phenoxy) is 1. The number of benzene rings is 2. The average Bonchev–Trinajstić information content (AvgIpc) is 2.93. The highest BCUT2D eigenvalue weighted by Crippen LogP contribution is 2.26. The van der Waals surface area contributed by atoms with E-state index in [2.05, 4.69) is 16.5 Å². The van der Waals surface area contributed by atoms with E-state index in [0.717, 1.165) is 28.9 Å². The van der Waals surface area contributed by atoms with Crippen LogP contribution in [0.2, 0.25) is 0 Å². The number of aromatic nitrogens is 2. The van der Waals surface area contributed by atoms with Crippen LogP contribution in [-0.4, -0.2) is 21.3 Å². The summed E-state index contributed by atoms with van der Waals surface area (Å²) in [5.41, 5.74) is 2.77. The van der Waals surface area contributed by atoms with Crippen molar-refractivity contribution in [2.24, 2.45) is 0 Å². The molecule has 0 amide bonds. The lowest BCUT2D eigenvalue weighted by Gasteiger charge is -2.13. The van der Waals surface area contributed by atoms with Gasteiger partial charge in [0.1, 0.15) is 17.7 Å². The lowest BCUT2D eigenvalue weighted by atomic mass is 10.1. The molecule has 0 bridgehead atoms. The van der Waals surface area contributed by atoms with Gasteiger partial charge in [0.25, 0.3) is 0 Å². The number of aryl methyl sites for hydroxylation is 1. The molecule has 1 atom stereocenters. The van der Waals surface area contributed by atoms with Crippen molar-refractivity contribution < 1.29 is 9.84 Å². The van der Waals surface area contributed by atoms with Gasteiger partial charge in [-0.1, -0.05) is 24.3 Å². The van der Waals surface area contributed by atoms with Gasteiger partial charge in [0.15, 0.2) is 0 Å². The summed E-state index contributed by atoms with van der Waals surface area (Å²) in [5, 5.41) is 10.7. The molecule has 1 N–H and O–H groups in total. The minimum Gasteiger partial charge on any atom is -0.494 e. The van der Waals surface area contributed by atoms with Gasteiger partial charge in [-0.2, -0.15) is 0 Å². The van der Waals surface area contributed by atoms with E-state index in [9.17, 15) is 5.11 Å². The molecule has 1 heterocycles. The number of aliphatic hydroxyl groups is 1. The molecule has 22 heavy (non-hydrogen) atoms. The van der Waals surface area contributed by atoms with Crippen LogP contribution in [0.15, 0.2) is 48.5 Å². The van der Waals surface area contributed by atoms with Crippen molar-refractivity contribution in [3.63, 3.8) is 0 Å². The first-order valence-electron chi connectivity index (χ1n) is 7.60. The maximum absolute atomic E-state index is 10.7. The summed E-state index contributed by atoms with van der Waals surface area (Å²) < 4.78 is 7.49. The van der Waals surface area contributed by atoms with E-state index in [-0.39, 0.29) is 0 Å². The molecule has 1 aromatic heterocycles. The molecule has 0 radical (unpaired) electrons. The molecule has 2 aromatic carbocycles. The summed E-state index contributed by atoms with van der Waals surface area (Å²) >= 11 is 0. The van der Waals surface area contributed by atoms with Gasteiger partial charge in [0.05, 0.1) is 17.6 Å². The first-order valence-corrected chi connectivity index (χ1v) is 7.60. The number of para-hydroxylation sites is 2. The van der Waals surface area contributed by atoms with E-state index in [1.54, 1.807) is 0 Å². The van der Waals surface area contributed by atoms with Gasteiger partial charge < -0.3 is 14.4 Å². The summed E-state index contributed by atoms with van der Waals surface area (Å²) in [7, 11) is 0. The molecule has 3 aromatic rings. The topological polar surface area (TPSA) is 47.3 Å². The van der Waals surface area contributed by atoms with E-state index >= 15 is 0 Å². The second-order valence-corrected chi connectivity index (χ2v) is 5.11. The standard InChI is InChI=1S/C18H20N2O2/c1-3-20-16-8-6-5-7-15(16)19-18(20)17(21)13-9-11-14(12-10-13)22-4-2/h5-12,17,21H,3-4H2,1-2H3/t17-/m1/s1. The summed E-state index contributed by atoms with van der Waals surface area (Å²) in [6, 6.07) is 15.5. The second-order valence-electron chi connectivity index (χ2n) is 5.11. The average molecular weight is 296 g/mol. The van der Waals surface area contributed by atoms with Crippen molar-refractivity contribution in [3.8, 4) is 5.75 Å². The van der Waals surface area contributed by atoms with E-state index < -0.39 is 6.10 Å². The fourth-order valence-electron chi connectivity index (χ4n) is 2.70. The quantitative estimate of drug-likeness (QED) is 0.783. The van der Waals surface area contributed by atoms with Gasteiger partial charge in [-0.15, -0.1) is 0 Å². The van der Waals surface area contributed by atoms with Gasteiger partial charge in [-0.3, -0.25) is 0 Å². The molecule has 4 heteroatoms. The maximum Gasteiger partial charge on any atom is 0.143 e. The summed E-state index contributed by atoms with van der Waals surface area (Å²) in [6.07, 6.45) is -0.747. The van der Waals surface area contributed by atoms with Crippen molar-refractivity contribution in [2.45, 2.75) is 26.5 Å². The van der Waals surface area contributed by atoms with Crippen LogP contribution in [0.25, 0.3) is 11.0 Å². The van der Waals surface area contributed by atoms with Crippen molar-refractivity contribution in [3.05, 3.63) is 59.9 Å². The number of hydrogen-bond donors (Lipinski definition) is 1. The second kappa shape index (κ2) is 6.20. The largest absolute Gasteiger partial charge is 0.494 e. The van der Waals surface area contributed by atoms with Crippen LogP contribution in [0.4, 0.5) is 0 Å². The molecule has 0 saturated heterocycles. The number of hydrogen-bond acceptors (Lipinski definition) is 3. The highest BCUT2D eigenvalue weighted by Gasteiger charge is 2.18. The number of rotatable bonds is 5. The molecule has 0 spiro atoms. The Bertz CT molecular complexity index is 762. The fraction of sp³-hybridized carbons (Fsp3) is 0.278. The highest BCUT2D eigenvalue weighted by atomic mass is 16.5. The fourth-order valence-corrected chi connectivity index (χ4v) is 2.70. The van der Waals surface area contributed by atoms with Crippen LogP contribution in [0, 0.1) is 0 Å². The Labute approximate surface area is 130 Å². The van der Waals surface area contributed by atoms with E-state index in [0.29, 0.717) is 12.4 Å². The Balaban J connectivity index is 1.99. The van der Waals surface area contributed by atoms with Gasteiger partial charge in [0, 0.05) is 6.54 Å². The van der Waals surface area contributed by atoms with Crippen molar-refractivity contribution in [2.75, 3.05) is 6.61 Å². The molecular weight excluding hydrogens is 276 g/mol. The summed E-state index contributed by atoms with van der Waals surface area (Å²) in [5.74, 6) is 1.48. The van der Waals surface area contributed by atoms with Crippen molar-refractivity contribution in [1.82, 2.24) is 9.55 Å². The van der Waals surface area contributed by atoms with Crippen molar-refractivity contribution >= 4 is 11.0 Å². The van der Waals surface area contributed by atoms with E-state index in [1.165, 1.54) is 0 Å². The number of imidazole rings is 1. The molecular formula is C18H20N2O2. The maximum atomic E-state index is 10.7. The van der Waals surface area contributed by atoms with Gasteiger partial charge >= 0.3 is 0 Å². The van der Waals surface area contributed by atoms with Crippen LogP contribution < -0.4 is 4.74 Å². The van der Waals surface area contributed by atoms with E-state index in [1.807, 2.05) is 55.5 Å². The molecule has 4 nitrogen and oxygen atoms in total. The zero-order chi connectivity index (χ0) is 15.5. The van der Waals surface area contributed by atoms with Crippen molar-refractivity contribution in [1.29, 1.82) is 0 Å². The van der Waals surface area contributed by atoms with Gasteiger partial charge in [-0.05, 0) is 43.7 Å². The third-order valence-corrected chi connectivity index (χ3v) is 3.75. The molecule has 0 unspecified atom stereocenters. The molecule has 3 rings (SSSR count).